The lowest BCUT2D eigenvalue weighted by Crippen LogP contribution is -2.19. The lowest BCUT2D eigenvalue weighted by Gasteiger charge is -2.12. The first-order valence-corrected chi connectivity index (χ1v) is 7.01. The fraction of sp³-hybridized carbons (Fsp3) is 0.692. The van der Waals surface area contributed by atoms with Gasteiger partial charge in [0, 0.05) is 25.6 Å². The molecule has 0 amide bonds. The Hall–Kier alpha value is -0.870. The minimum Gasteiger partial charge on any atom is -0.370 e. The molecule has 4 nitrogen and oxygen atoms in total. The minimum absolute atomic E-state index is 0.527. The number of aromatic nitrogens is 2. The van der Waals surface area contributed by atoms with Crippen molar-refractivity contribution in [1.82, 2.24) is 14.9 Å². The van der Waals surface area contributed by atoms with Gasteiger partial charge in [-0.1, -0.05) is 18.5 Å². The molecule has 18 heavy (non-hydrogen) atoms. The van der Waals surface area contributed by atoms with E-state index in [2.05, 4.69) is 34.2 Å². The molecule has 0 saturated carbocycles. The van der Waals surface area contributed by atoms with E-state index in [1.54, 1.807) is 6.07 Å². The fourth-order valence-corrected chi connectivity index (χ4v) is 2.53. The third-order valence-corrected chi connectivity index (χ3v) is 3.47. The smallest absolute Gasteiger partial charge is 0.134 e. The number of nitrogens with one attached hydrogen (secondary N) is 1. The van der Waals surface area contributed by atoms with Gasteiger partial charge in [-0.2, -0.15) is 0 Å². The quantitative estimate of drug-likeness (QED) is 0.833. The van der Waals surface area contributed by atoms with Crippen LogP contribution in [0.1, 0.15) is 25.6 Å². The highest BCUT2D eigenvalue weighted by Crippen LogP contribution is 2.17. The van der Waals surface area contributed by atoms with Crippen molar-refractivity contribution >= 4 is 17.4 Å². The number of likely N-dealkylation sites (tertiary alicyclic amines) is 1. The maximum atomic E-state index is 6.00. The van der Waals surface area contributed by atoms with Crippen molar-refractivity contribution in [3.8, 4) is 0 Å². The van der Waals surface area contributed by atoms with Gasteiger partial charge in [-0.3, -0.25) is 0 Å². The average Bonchev–Trinajstić information content (AvgIpc) is 2.72. The van der Waals surface area contributed by atoms with Gasteiger partial charge in [0.15, 0.2) is 0 Å². The number of hydrogen-bond donors (Lipinski definition) is 1. The fourth-order valence-electron chi connectivity index (χ4n) is 2.33. The predicted molar refractivity (Wildman–Crippen MR) is 75.1 cm³/mol. The van der Waals surface area contributed by atoms with Crippen molar-refractivity contribution in [2.24, 2.45) is 5.92 Å². The summed E-state index contributed by atoms with van der Waals surface area (Å²) in [4.78, 5) is 11.1. The standard InChI is InChI=1S/C13H21ClN4/c1-3-4-12-16-11(14)7-13(17-12)15-8-10-5-6-18(2)9-10/h7,10H,3-6,8-9H2,1-2H3,(H,15,16,17). The van der Waals surface area contributed by atoms with Gasteiger partial charge in [-0.05, 0) is 32.4 Å². The van der Waals surface area contributed by atoms with E-state index in [-0.39, 0.29) is 0 Å². The number of halogens is 1. The molecular formula is C13H21ClN4. The molecule has 1 unspecified atom stereocenters. The van der Waals surface area contributed by atoms with Gasteiger partial charge in [0.25, 0.3) is 0 Å². The normalized spacial score (nSPS) is 20.3. The Bertz CT molecular complexity index is 397. The van der Waals surface area contributed by atoms with E-state index in [0.29, 0.717) is 11.1 Å². The van der Waals surface area contributed by atoms with E-state index in [1.165, 1.54) is 13.0 Å². The summed E-state index contributed by atoms with van der Waals surface area (Å²) in [7, 11) is 2.17. The molecule has 0 bridgehead atoms. The lowest BCUT2D eigenvalue weighted by molar-refractivity contribution is 0.399. The van der Waals surface area contributed by atoms with Gasteiger partial charge in [0.05, 0.1) is 0 Å². The van der Waals surface area contributed by atoms with E-state index in [1.807, 2.05) is 0 Å². The van der Waals surface area contributed by atoms with Gasteiger partial charge in [-0.15, -0.1) is 0 Å². The zero-order valence-electron chi connectivity index (χ0n) is 11.1. The van der Waals surface area contributed by atoms with Crippen LogP contribution < -0.4 is 5.32 Å². The zero-order chi connectivity index (χ0) is 13.0. The predicted octanol–water partition coefficient (Wildman–Crippen LogP) is 2.45. The SMILES string of the molecule is CCCc1nc(Cl)cc(NCC2CCN(C)C2)n1. The molecule has 100 valence electrons. The van der Waals surface area contributed by atoms with Gasteiger partial charge >= 0.3 is 0 Å². The van der Waals surface area contributed by atoms with E-state index < -0.39 is 0 Å². The van der Waals surface area contributed by atoms with Gasteiger partial charge in [0.1, 0.15) is 16.8 Å². The highest BCUT2D eigenvalue weighted by atomic mass is 35.5. The van der Waals surface area contributed by atoms with E-state index in [4.69, 9.17) is 11.6 Å². The molecule has 1 aliphatic rings. The molecule has 0 aromatic carbocycles. The Labute approximate surface area is 114 Å². The first kappa shape index (κ1) is 13.6. The summed E-state index contributed by atoms with van der Waals surface area (Å²) in [6, 6.07) is 1.80. The van der Waals surface area contributed by atoms with Crippen LogP contribution in [-0.4, -0.2) is 41.5 Å². The van der Waals surface area contributed by atoms with Crippen LogP contribution in [0.25, 0.3) is 0 Å². The Morgan fingerprint density at radius 3 is 3.00 bits per heavy atom. The highest BCUT2D eigenvalue weighted by Gasteiger charge is 2.19. The average molecular weight is 269 g/mol. The summed E-state index contributed by atoms with van der Waals surface area (Å²) in [5.41, 5.74) is 0. The molecule has 1 saturated heterocycles. The minimum atomic E-state index is 0.527. The Balaban J connectivity index is 1.92. The molecular weight excluding hydrogens is 248 g/mol. The molecule has 1 aliphatic heterocycles. The number of rotatable bonds is 5. The first-order chi connectivity index (χ1) is 8.67. The van der Waals surface area contributed by atoms with E-state index >= 15 is 0 Å². The van der Waals surface area contributed by atoms with Crippen LogP contribution in [0.3, 0.4) is 0 Å². The van der Waals surface area contributed by atoms with Crippen LogP contribution in [0.5, 0.6) is 0 Å². The second-order valence-electron chi connectivity index (χ2n) is 5.04. The van der Waals surface area contributed by atoms with Crippen LogP contribution in [-0.2, 0) is 6.42 Å². The molecule has 1 aromatic rings. The van der Waals surface area contributed by atoms with Crippen LogP contribution in [0.15, 0.2) is 6.07 Å². The molecule has 2 rings (SSSR count). The van der Waals surface area contributed by atoms with E-state index in [9.17, 15) is 0 Å². The largest absolute Gasteiger partial charge is 0.370 e. The molecule has 1 aromatic heterocycles. The summed E-state index contributed by atoms with van der Waals surface area (Å²) < 4.78 is 0. The summed E-state index contributed by atoms with van der Waals surface area (Å²) in [6.45, 7) is 5.43. The van der Waals surface area contributed by atoms with Gasteiger partial charge < -0.3 is 10.2 Å². The van der Waals surface area contributed by atoms with Crippen molar-refractivity contribution in [1.29, 1.82) is 0 Å². The summed E-state index contributed by atoms with van der Waals surface area (Å²) in [5, 5.41) is 3.91. The van der Waals surface area contributed by atoms with Gasteiger partial charge in [-0.25, -0.2) is 9.97 Å². The van der Waals surface area contributed by atoms with Crippen molar-refractivity contribution in [3.05, 3.63) is 17.0 Å². The second-order valence-corrected chi connectivity index (χ2v) is 5.43. The molecule has 2 heterocycles. The number of anilines is 1. The topological polar surface area (TPSA) is 41.1 Å². The third-order valence-electron chi connectivity index (χ3n) is 3.28. The Morgan fingerprint density at radius 2 is 2.33 bits per heavy atom. The maximum Gasteiger partial charge on any atom is 0.134 e. The number of aryl methyl sites for hydroxylation is 1. The first-order valence-electron chi connectivity index (χ1n) is 6.63. The zero-order valence-corrected chi connectivity index (χ0v) is 11.9. The molecule has 5 heteroatoms. The third kappa shape index (κ3) is 3.82. The van der Waals surface area contributed by atoms with Crippen LogP contribution in [0, 0.1) is 5.92 Å². The Morgan fingerprint density at radius 1 is 1.50 bits per heavy atom. The van der Waals surface area contributed by atoms with Crippen LogP contribution >= 0.6 is 11.6 Å². The van der Waals surface area contributed by atoms with Crippen molar-refractivity contribution in [2.75, 3.05) is 32.0 Å². The lowest BCUT2D eigenvalue weighted by atomic mass is 10.1. The number of hydrogen-bond acceptors (Lipinski definition) is 4. The Kier molecular flexibility index (Phi) is 4.78. The highest BCUT2D eigenvalue weighted by molar-refractivity contribution is 6.29. The van der Waals surface area contributed by atoms with Gasteiger partial charge in [0.2, 0.25) is 0 Å². The van der Waals surface area contributed by atoms with Crippen molar-refractivity contribution in [3.63, 3.8) is 0 Å². The number of nitrogens with zero attached hydrogens (tertiary/aromatic N) is 3. The van der Waals surface area contributed by atoms with Crippen molar-refractivity contribution < 1.29 is 0 Å². The molecule has 0 spiro atoms. The molecule has 0 radical (unpaired) electrons. The monoisotopic (exact) mass is 268 g/mol. The molecule has 1 atom stereocenters. The van der Waals surface area contributed by atoms with Crippen LogP contribution in [0.4, 0.5) is 5.82 Å². The summed E-state index contributed by atoms with van der Waals surface area (Å²) >= 11 is 6.00. The summed E-state index contributed by atoms with van der Waals surface area (Å²) in [5.74, 6) is 2.39. The maximum absolute atomic E-state index is 6.00. The molecule has 1 fully saturated rings. The molecule has 1 N–H and O–H groups in total. The second kappa shape index (κ2) is 6.34. The van der Waals surface area contributed by atoms with E-state index in [0.717, 1.165) is 37.6 Å². The van der Waals surface area contributed by atoms with Crippen LogP contribution in [0.2, 0.25) is 5.15 Å². The van der Waals surface area contributed by atoms with Crippen molar-refractivity contribution in [2.45, 2.75) is 26.2 Å². The molecule has 0 aliphatic carbocycles. The summed E-state index contributed by atoms with van der Waals surface area (Å²) in [6.07, 6.45) is 3.17.